The molecule has 2 aromatic carbocycles. The third-order valence-electron chi connectivity index (χ3n) is 4.98. The highest BCUT2D eigenvalue weighted by molar-refractivity contribution is 6.04. The number of aromatic nitrogens is 2. The number of fused-ring (bicyclic) bond motifs is 1. The minimum Gasteiger partial charge on any atom is -0.344 e. The third kappa shape index (κ3) is 2.93. The fourth-order valence-electron chi connectivity index (χ4n) is 3.40. The summed E-state index contributed by atoms with van der Waals surface area (Å²) < 4.78 is 0. The first-order chi connectivity index (χ1) is 12.2. The van der Waals surface area contributed by atoms with Crippen LogP contribution in [0.2, 0.25) is 0 Å². The van der Waals surface area contributed by atoms with Crippen LogP contribution < -0.4 is 10.9 Å². The highest BCUT2D eigenvalue weighted by Gasteiger charge is 2.30. The van der Waals surface area contributed by atoms with Crippen LogP contribution in [0.1, 0.15) is 41.4 Å². The summed E-state index contributed by atoms with van der Waals surface area (Å²) in [6.07, 6.45) is 3.42. The molecule has 1 unspecified atom stereocenters. The molecular formula is C20H19N3O2. The first-order valence-electron chi connectivity index (χ1n) is 8.57. The van der Waals surface area contributed by atoms with Gasteiger partial charge in [-0.15, -0.1) is 0 Å². The minimum absolute atomic E-state index is 0.0325. The maximum Gasteiger partial charge on any atom is 0.272 e. The molecule has 5 heteroatoms. The van der Waals surface area contributed by atoms with E-state index in [4.69, 9.17) is 0 Å². The maximum absolute atomic E-state index is 12.9. The minimum atomic E-state index is -0.286. The lowest BCUT2D eigenvalue weighted by Crippen LogP contribution is -2.37. The largest absolute Gasteiger partial charge is 0.344 e. The van der Waals surface area contributed by atoms with E-state index in [1.807, 2.05) is 30.3 Å². The van der Waals surface area contributed by atoms with E-state index >= 15 is 0 Å². The first kappa shape index (κ1) is 15.6. The summed E-state index contributed by atoms with van der Waals surface area (Å²) >= 11 is 0. The summed E-state index contributed by atoms with van der Waals surface area (Å²) in [7, 11) is 0. The zero-order valence-electron chi connectivity index (χ0n) is 13.7. The number of nitrogens with zero attached hydrogens (tertiary/aromatic N) is 1. The monoisotopic (exact) mass is 333 g/mol. The van der Waals surface area contributed by atoms with Gasteiger partial charge in [-0.2, -0.15) is 5.10 Å². The van der Waals surface area contributed by atoms with Crippen molar-refractivity contribution in [1.29, 1.82) is 0 Å². The second-order valence-corrected chi connectivity index (χ2v) is 6.50. The van der Waals surface area contributed by atoms with Gasteiger partial charge in [-0.1, -0.05) is 55.0 Å². The van der Waals surface area contributed by atoms with Crippen LogP contribution in [0.3, 0.4) is 0 Å². The van der Waals surface area contributed by atoms with E-state index in [9.17, 15) is 9.59 Å². The van der Waals surface area contributed by atoms with Crippen LogP contribution in [0.4, 0.5) is 0 Å². The highest BCUT2D eigenvalue weighted by Crippen LogP contribution is 2.37. The summed E-state index contributed by atoms with van der Waals surface area (Å²) in [6.45, 7) is 0. The van der Waals surface area contributed by atoms with E-state index in [0.717, 1.165) is 18.4 Å². The molecule has 0 saturated heterocycles. The molecule has 25 heavy (non-hydrogen) atoms. The van der Waals surface area contributed by atoms with Crippen molar-refractivity contribution in [2.45, 2.75) is 25.3 Å². The van der Waals surface area contributed by atoms with E-state index in [1.165, 1.54) is 6.42 Å². The number of hydrogen-bond acceptors (Lipinski definition) is 3. The quantitative estimate of drug-likeness (QED) is 0.770. The number of carbonyl (C=O) groups excluding carboxylic acids is 1. The summed E-state index contributed by atoms with van der Waals surface area (Å²) in [5.41, 5.74) is 1.08. The second-order valence-electron chi connectivity index (χ2n) is 6.50. The number of H-pyrrole nitrogens is 1. The van der Waals surface area contributed by atoms with Crippen LogP contribution in [0.5, 0.6) is 0 Å². The predicted molar refractivity (Wildman–Crippen MR) is 96.4 cm³/mol. The molecule has 0 bridgehead atoms. The molecule has 0 spiro atoms. The molecule has 2 N–H and O–H groups in total. The van der Waals surface area contributed by atoms with Crippen molar-refractivity contribution in [3.8, 4) is 0 Å². The van der Waals surface area contributed by atoms with Crippen molar-refractivity contribution in [2.75, 3.05) is 0 Å². The Morgan fingerprint density at radius 2 is 1.72 bits per heavy atom. The Kier molecular flexibility index (Phi) is 4.06. The Morgan fingerprint density at radius 1 is 1.04 bits per heavy atom. The first-order valence-corrected chi connectivity index (χ1v) is 8.57. The van der Waals surface area contributed by atoms with E-state index in [-0.39, 0.29) is 23.2 Å². The van der Waals surface area contributed by atoms with Gasteiger partial charge in [-0.25, -0.2) is 5.10 Å². The molecule has 0 aliphatic heterocycles. The molecule has 1 saturated carbocycles. The Labute approximate surface area is 145 Å². The Balaban J connectivity index is 1.69. The lowest BCUT2D eigenvalue weighted by atomic mass is 9.77. The smallest absolute Gasteiger partial charge is 0.272 e. The molecule has 1 fully saturated rings. The molecule has 0 radical (unpaired) electrons. The molecule has 1 aliphatic rings. The van der Waals surface area contributed by atoms with E-state index in [2.05, 4.69) is 15.5 Å². The van der Waals surface area contributed by atoms with Gasteiger partial charge in [0.05, 0.1) is 11.4 Å². The van der Waals surface area contributed by atoms with Gasteiger partial charge >= 0.3 is 0 Å². The zero-order chi connectivity index (χ0) is 17.2. The van der Waals surface area contributed by atoms with Crippen LogP contribution >= 0.6 is 0 Å². The average Bonchev–Trinajstić information content (AvgIpc) is 2.61. The molecule has 1 aromatic heterocycles. The van der Waals surface area contributed by atoms with Gasteiger partial charge in [0, 0.05) is 5.39 Å². The molecule has 1 aliphatic carbocycles. The Bertz CT molecular complexity index is 961. The summed E-state index contributed by atoms with van der Waals surface area (Å²) in [5, 5.41) is 10.6. The SMILES string of the molecule is O=C(NC(c1ccccc1)C1CCC1)c1n[nH]c(=O)c2ccccc12. The molecular weight excluding hydrogens is 314 g/mol. The van der Waals surface area contributed by atoms with Crippen LogP contribution in [0.25, 0.3) is 10.8 Å². The van der Waals surface area contributed by atoms with E-state index < -0.39 is 0 Å². The van der Waals surface area contributed by atoms with Crippen molar-refractivity contribution in [1.82, 2.24) is 15.5 Å². The summed E-state index contributed by atoms with van der Waals surface area (Å²) in [6, 6.07) is 17.0. The van der Waals surface area contributed by atoms with Crippen LogP contribution in [-0.2, 0) is 0 Å². The van der Waals surface area contributed by atoms with Crippen molar-refractivity contribution in [3.05, 3.63) is 76.2 Å². The number of nitrogens with one attached hydrogen (secondary N) is 2. The molecule has 3 aromatic rings. The normalized spacial score (nSPS) is 15.5. The van der Waals surface area contributed by atoms with Crippen molar-refractivity contribution in [3.63, 3.8) is 0 Å². The topological polar surface area (TPSA) is 74.8 Å². The summed E-state index contributed by atoms with van der Waals surface area (Å²) in [4.78, 5) is 24.8. The Hall–Kier alpha value is -2.95. The summed E-state index contributed by atoms with van der Waals surface area (Å²) in [5.74, 6) is 0.188. The number of carbonyl (C=O) groups is 1. The van der Waals surface area contributed by atoms with Crippen molar-refractivity contribution >= 4 is 16.7 Å². The van der Waals surface area contributed by atoms with E-state index in [1.54, 1.807) is 24.3 Å². The number of amides is 1. The number of aromatic amines is 1. The predicted octanol–water partition coefficient (Wildman–Crippen LogP) is 3.19. The van der Waals surface area contributed by atoms with Gasteiger partial charge < -0.3 is 5.32 Å². The van der Waals surface area contributed by atoms with Crippen molar-refractivity contribution < 1.29 is 4.79 Å². The van der Waals surface area contributed by atoms with Gasteiger partial charge in [0.15, 0.2) is 5.69 Å². The standard InChI is InChI=1S/C20H19N3O2/c24-19-16-12-5-4-11-15(16)18(22-23-19)20(25)21-17(14-9-6-10-14)13-7-2-1-3-8-13/h1-5,7-8,11-12,14,17H,6,9-10H2,(H,21,25)(H,23,24). The molecule has 5 nitrogen and oxygen atoms in total. The molecule has 1 heterocycles. The number of hydrogen-bond donors (Lipinski definition) is 2. The van der Waals surface area contributed by atoms with Gasteiger partial charge in [-0.05, 0) is 30.4 Å². The lowest BCUT2D eigenvalue weighted by molar-refractivity contribution is 0.0896. The maximum atomic E-state index is 12.9. The van der Waals surface area contributed by atoms with Gasteiger partial charge in [0.2, 0.25) is 0 Å². The second kappa shape index (κ2) is 6.51. The molecule has 1 amide bonds. The fraction of sp³-hybridized carbons (Fsp3) is 0.250. The van der Waals surface area contributed by atoms with Gasteiger partial charge in [-0.3, -0.25) is 9.59 Å². The number of benzene rings is 2. The molecule has 4 rings (SSSR count). The highest BCUT2D eigenvalue weighted by atomic mass is 16.2. The van der Waals surface area contributed by atoms with Crippen molar-refractivity contribution in [2.24, 2.45) is 5.92 Å². The zero-order valence-corrected chi connectivity index (χ0v) is 13.7. The van der Waals surface area contributed by atoms with Crippen LogP contribution in [0, 0.1) is 5.92 Å². The van der Waals surface area contributed by atoms with Crippen LogP contribution in [-0.4, -0.2) is 16.1 Å². The molecule has 1 atom stereocenters. The lowest BCUT2D eigenvalue weighted by Gasteiger charge is -2.34. The van der Waals surface area contributed by atoms with Crippen LogP contribution in [0.15, 0.2) is 59.4 Å². The fourth-order valence-corrected chi connectivity index (χ4v) is 3.40. The molecule has 126 valence electrons. The Morgan fingerprint density at radius 3 is 2.40 bits per heavy atom. The van der Waals surface area contributed by atoms with E-state index in [0.29, 0.717) is 16.7 Å². The van der Waals surface area contributed by atoms with Gasteiger partial charge in [0.25, 0.3) is 11.5 Å². The van der Waals surface area contributed by atoms with Gasteiger partial charge in [0.1, 0.15) is 0 Å². The number of rotatable bonds is 4. The average molecular weight is 333 g/mol. The third-order valence-corrected chi connectivity index (χ3v) is 4.98.